The number of aromatic nitrogens is 2. The summed E-state index contributed by atoms with van der Waals surface area (Å²) in [5.74, 6) is -0.907. The van der Waals surface area contributed by atoms with Crippen molar-refractivity contribution >= 4 is 17.0 Å². The molecule has 0 amide bonds. The van der Waals surface area contributed by atoms with Crippen molar-refractivity contribution in [1.82, 2.24) is 9.55 Å². The highest BCUT2D eigenvalue weighted by Crippen LogP contribution is 2.19. The number of nitrogens with zero attached hydrogens (tertiary/aromatic N) is 2. The van der Waals surface area contributed by atoms with Crippen LogP contribution in [0.25, 0.3) is 11.0 Å². The predicted octanol–water partition coefficient (Wildman–Crippen LogP) is 1.58. The molecule has 0 spiro atoms. The molecule has 0 aliphatic heterocycles. The molecule has 0 aliphatic carbocycles. The van der Waals surface area contributed by atoms with E-state index in [-0.39, 0.29) is 0 Å². The third-order valence-corrected chi connectivity index (χ3v) is 2.38. The Balaban J connectivity index is 2.82. The van der Waals surface area contributed by atoms with Crippen molar-refractivity contribution in [2.75, 3.05) is 0 Å². The van der Waals surface area contributed by atoms with E-state index in [1.54, 1.807) is 25.4 Å². The molecule has 0 saturated carbocycles. The van der Waals surface area contributed by atoms with Crippen LogP contribution in [0.15, 0.2) is 18.5 Å². The summed E-state index contributed by atoms with van der Waals surface area (Å²) >= 11 is 0. The summed E-state index contributed by atoms with van der Waals surface area (Å²) in [7, 11) is 1.88. The van der Waals surface area contributed by atoms with E-state index in [1.165, 1.54) is 0 Å². The first-order valence-electron chi connectivity index (χ1n) is 4.25. The molecule has 14 heavy (non-hydrogen) atoms. The average Bonchev–Trinajstić information content (AvgIpc) is 2.49. The molecule has 0 aliphatic rings. The maximum absolute atomic E-state index is 10.8. The molecular formula is C10H10N2O2. The zero-order valence-electron chi connectivity index (χ0n) is 7.98. The topological polar surface area (TPSA) is 55.1 Å². The van der Waals surface area contributed by atoms with Crippen LogP contribution in [0.4, 0.5) is 0 Å². The molecule has 0 atom stereocenters. The van der Waals surface area contributed by atoms with Crippen LogP contribution in [0.2, 0.25) is 0 Å². The average molecular weight is 190 g/mol. The van der Waals surface area contributed by atoms with Gasteiger partial charge in [0.1, 0.15) is 0 Å². The summed E-state index contributed by atoms with van der Waals surface area (Å²) in [4.78, 5) is 15.0. The fraction of sp³-hybridized carbons (Fsp3) is 0.200. The minimum Gasteiger partial charge on any atom is -0.478 e. The Morgan fingerprint density at radius 1 is 1.50 bits per heavy atom. The quantitative estimate of drug-likeness (QED) is 0.742. The van der Waals surface area contributed by atoms with Crippen LogP contribution in [0.3, 0.4) is 0 Å². The van der Waals surface area contributed by atoms with Crippen LogP contribution in [0, 0.1) is 6.92 Å². The van der Waals surface area contributed by atoms with Gasteiger partial charge in [-0.3, -0.25) is 0 Å². The van der Waals surface area contributed by atoms with Crippen LogP contribution in [0.1, 0.15) is 15.9 Å². The van der Waals surface area contributed by atoms with E-state index in [2.05, 4.69) is 4.98 Å². The molecule has 1 aromatic heterocycles. The Morgan fingerprint density at radius 2 is 2.21 bits per heavy atom. The maximum atomic E-state index is 10.8. The minimum atomic E-state index is -0.907. The number of imidazole rings is 1. The normalized spacial score (nSPS) is 10.7. The van der Waals surface area contributed by atoms with Gasteiger partial charge < -0.3 is 9.67 Å². The van der Waals surface area contributed by atoms with Crippen LogP contribution >= 0.6 is 0 Å². The molecule has 4 heteroatoms. The number of fused-ring (bicyclic) bond motifs is 1. The lowest BCUT2D eigenvalue weighted by Gasteiger charge is -2.01. The number of rotatable bonds is 1. The first-order valence-corrected chi connectivity index (χ1v) is 4.25. The third kappa shape index (κ3) is 1.08. The van der Waals surface area contributed by atoms with Crippen molar-refractivity contribution in [2.24, 2.45) is 7.05 Å². The molecule has 1 aromatic carbocycles. The number of aryl methyl sites for hydroxylation is 2. The number of carboxylic acid groups (broad SMARTS) is 1. The predicted molar refractivity (Wildman–Crippen MR) is 52.4 cm³/mol. The summed E-state index contributed by atoms with van der Waals surface area (Å²) in [6.45, 7) is 1.78. The monoisotopic (exact) mass is 190 g/mol. The van der Waals surface area contributed by atoms with Crippen molar-refractivity contribution in [3.8, 4) is 0 Å². The molecular weight excluding hydrogens is 180 g/mol. The van der Waals surface area contributed by atoms with Crippen molar-refractivity contribution in [1.29, 1.82) is 0 Å². The largest absolute Gasteiger partial charge is 0.478 e. The van der Waals surface area contributed by atoms with E-state index < -0.39 is 5.97 Å². The fourth-order valence-corrected chi connectivity index (χ4v) is 1.57. The van der Waals surface area contributed by atoms with Gasteiger partial charge >= 0.3 is 5.97 Å². The summed E-state index contributed by atoms with van der Waals surface area (Å²) in [6, 6.07) is 3.39. The van der Waals surface area contributed by atoms with E-state index in [9.17, 15) is 4.79 Å². The molecule has 0 unspecified atom stereocenters. The minimum absolute atomic E-state index is 0.316. The number of hydrogen-bond acceptors (Lipinski definition) is 2. The lowest BCUT2D eigenvalue weighted by Crippen LogP contribution is -2.00. The first kappa shape index (κ1) is 8.74. The molecule has 2 aromatic rings. The maximum Gasteiger partial charge on any atom is 0.336 e. The molecule has 1 heterocycles. The Hall–Kier alpha value is -1.84. The Bertz CT molecular complexity index is 514. The molecule has 2 rings (SSSR count). The van der Waals surface area contributed by atoms with Gasteiger partial charge in [-0.1, -0.05) is 0 Å². The fourth-order valence-electron chi connectivity index (χ4n) is 1.57. The van der Waals surface area contributed by atoms with E-state index in [4.69, 9.17) is 5.11 Å². The van der Waals surface area contributed by atoms with Crippen molar-refractivity contribution in [3.63, 3.8) is 0 Å². The second kappa shape index (κ2) is 2.83. The highest BCUT2D eigenvalue weighted by molar-refractivity contribution is 5.95. The van der Waals surface area contributed by atoms with E-state index in [0.29, 0.717) is 5.56 Å². The van der Waals surface area contributed by atoms with Crippen molar-refractivity contribution in [2.45, 2.75) is 6.92 Å². The molecule has 0 fully saturated rings. The standard InChI is InChI=1S/C10H10N2O2/c1-6-7(10(13)14)3-4-8-9(6)11-5-12(8)2/h3-5H,1-2H3,(H,13,14). The number of carbonyl (C=O) groups is 1. The third-order valence-electron chi connectivity index (χ3n) is 2.38. The van der Waals surface area contributed by atoms with Gasteiger partial charge in [-0.15, -0.1) is 0 Å². The molecule has 0 bridgehead atoms. The van der Waals surface area contributed by atoms with Gasteiger partial charge in [-0.2, -0.15) is 0 Å². The van der Waals surface area contributed by atoms with Gasteiger partial charge in [0.25, 0.3) is 0 Å². The smallest absolute Gasteiger partial charge is 0.336 e. The summed E-state index contributed by atoms with van der Waals surface area (Å²) < 4.78 is 1.87. The van der Waals surface area contributed by atoms with Crippen LogP contribution in [0.5, 0.6) is 0 Å². The van der Waals surface area contributed by atoms with E-state index >= 15 is 0 Å². The highest BCUT2D eigenvalue weighted by atomic mass is 16.4. The number of benzene rings is 1. The number of carboxylic acids is 1. The molecule has 1 N–H and O–H groups in total. The van der Waals surface area contributed by atoms with Gasteiger partial charge in [0.15, 0.2) is 0 Å². The lowest BCUT2D eigenvalue weighted by molar-refractivity contribution is 0.0696. The van der Waals surface area contributed by atoms with Crippen LogP contribution in [-0.2, 0) is 7.05 Å². The van der Waals surface area contributed by atoms with E-state index in [0.717, 1.165) is 16.6 Å². The Labute approximate surface area is 80.8 Å². The summed E-state index contributed by atoms with van der Waals surface area (Å²) in [5.41, 5.74) is 2.74. The van der Waals surface area contributed by atoms with Gasteiger partial charge in [-0.25, -0.2) is 9.78 Å². The van der Waals surface area contributed by atoms with Crippen molar-refractivity contribution < 1.29 is 9.90 Å². The van der Waals surface area contributed by atoms with Gasteiger partial charge in [-0.05, 0) is 24.6 Å². The van der Waals surface area contributed by atoms with Gasteiger partial charge in [0.2, 0.25) is 0 Å². The molecule has 0 radical (unpaired) electrons. The highest BCUT2D eigenvalue weighted by Gasteiger charge is 2.11. The Morgan fingerprint density at radius 3 is 2.86 bits per heavy atom. The zero-order chi connectivity index (χ0) is 10.3. The molecule has 72 valence electrons. The second-order valence-electron chi connectivity index (χ2n) is 3.27. The second-order valence-corrected chi connectivity index (χ2v) is 3.27. The number of aromatic carboxylic acids is 1. The summed E-state index contributed by atoms with van der Waals surface area (Å²) in [6.07, 6.45) is 1.68. The lowest BCUT2D eigenvalue weighted by atomic mass is 10.1. The Kier molecular flexibility index (Phi) is 1.77. The number of hydrogen-bond donors (Lipinski definition) is 1. The van der Waals surface area contributed by atoms with Crippen molar-refractivity contribution in [3.05, 3.63) is 29.6 Å². The molecule has 0 saturated heterocycles. The molecule has 4 nitrogen and oxygen atoms in total. The zero-order valence-corrected chi connectivity index (χ0v) is 7.98. The van der Waals surface area contributed by atoms with Crippen LogP contribution in [-0.4, -0.2) is 20.6 Å². The SMILES string of the molecule is Cc1c(C(=O)O)ccc2c1ncn2C. The van der Waals surface area contributed by atoms with Gasteiger partial charge in [0.05, 0.1) is 22.9 Å². The van der Waals surface area contributed by atoms with E-state index in [1.807, 2.05) is 11.6 Å². The van der Waals surface area contributed by atoms with Crippen LogP contribution < -0.4 is 0 Å². The van der Waals surface area contributed by atoms with Gasteiger partial charge in [0, 0.05) is 7.05 Å². The first-order chi connectivity index (χ1) is 6.61. The summed E-state index contributed by atoms with van der Waals surface area (Å²) in [5, 5.41) is 8.90.